The standard InChI is InChI=1S/C14H19FN6OS/c1-3-10-11(15)12(17-9-16-10)23-14-19-18-13(21(14)4-2)20-5-7-22-8-6-20/h9H,3-8H2,1-2H3. The first-order valence-corrected chi connectivity index (χ1v) is 8.49. The van der Waals surface area contributed by atoms with Crippen molar-refractivity contribution in [1.29, 1.82) is 0 Å². The molecule has 0 atom stereocenters. The van der Waals surface area contributed by atoms with Gasteiger partial charge >= 0.3 is 0 Å². The smallest absolute Gasteiger partial charge is 0.228 e. The van der Waals surface area contributed by atoms with Crippen LogP contribution in [-0.4, -0.2) is 51.0 Å². The molecule has 1 saturated heterocycles. The van der Waals surface area contributed by atoms with Gasteiger partial charge in [-0.25, -0.2) is 14.4 Å². The van der Waals surface area contributed by atoms with E-state index >= 15 is 0 Å². The van der Waals surface area contributed by atoms with E-state index in [-0.39, 0.29) is 10.8 Å². The third-order valence-electron chi connectivity index (χ3n) is 3.66. The highest BCUT2D eigenvalue weighted by Gasteiger charge is 2.21. The molecular formula is C14H19FN6OS. The highest BCUT2D eigenvalue weighted by Crippen LogP contribution is 2.30. The molecule has 0 spiro atoms. The third kappa shape index (κ3) is 3.30. The number of aromatic nitrogens is 5. The second-order valence-corrected chi connectivity index (χ2v) is 5.98. The number of aryl methyl sites for hydroxylation is 1. The highest BCUT2D eigenvalue weighted by molar-refractivity contribution is 7.99. The van der Waals surface area contributed by atoms with Gasteiger partial charge in [0.25, 0.3) is 0 Å². The summed E-state index contributed by atoms with van der Waals surface area (Å²) in [4.78, 5) is 10.1. The van der Waals surface area contributed by atoms with E-state index in [0.29, 0.717) is 37.0 Å². The molecular weight excluding hydrogens is 319 g/mol. The minimum Gasteiger partial charge on any atom is -0.378 e. The Bertz CT molecular complexity index is 673. The van der Waals surface area contributed by atoms with Gasteiger partial charge in [0, 0.05) is 19.6 Å². The molecule has 0 bridgehead atoms. The molecule has 0 aromatic carbocycles. The molecule has 7 nitrogen and oxygen atoms in total. The zero-order valence-corrected chi connectivity index (χ0v) is 14.0. The average molecular weight is 338 g/mol. The molecule has 2 aromatic rings. The van der Waals surface area contributed by atoms with Crippen LogP contribution in [0.2, 0.25) is 0 Å². The lowest BCUT2D eigenvalue weighted by Crippen LogP contribution is -2.38. The van der Waals surface area contributed by atoms with Gasteiger partial charge in [-0.3, -0.25) is 4.57 Å². The maximum absolute atomic E-state index is 14.3. The minimum absolute atomic E-state index is 0.285. The van der Waals surface area contributed by atoms with Gasteiger partial charge in [-0.1, -0.05) is 6.92 Å². The van der Waals surface area contributed by atoms with Gasteiger partial charge in [0.1, 0.15) is 11.4 Å². The predicted octanol–water partition coefficient (Wildman–Crippen LogP) is 1.78. The zero-order chi connectivity index (χ0) is 16.2. The summed E-state index contributed by atoms with van der Waals surface area (Å²) < 4.78 is 21.7. The predicted molar refractivity (Wildman–Crippen MR) is 84.2 cm³/mol. The Morgan fingerprint density at radius 1 is 1.22 bits per heavy atom. The molecule has 2 aromatic heterocycles. The summed E-state index contributed by atoms with van der Waals surface area (Å²) in [6.45, 7) is 7.51. The summed E-state index contributed by atoms with van der Waals surface area (Å²) in [5.74, 6) is 0.419. The lowest BCUT2D eigenvalue weighted by Gasteiger charge is -2.27. The molecule has 1 fully saturated rings. The first-order chi connectivity index (χ1) is 11.2. The van der Waals surface area contributed by atoms with E-state index in [1.807, 2.05) is 18.4 Å². The SMILES string of the molecule is CCc1ncnc(Sc2nnc(N3CCOCC3)n2CC)c1F. The van der Waals surface area contributed by atoms with Crippen molar-refractivity contribution in [3.8, 4) is 0 Å². The Morgan fingerprint density at radius 2 is 2.00 bits per heavy atom. The molecule has 124 valence electrons. The molecule has 0 aliphatic carbocycles. The van der Waals surface area contributed by atoms with E-state index in [0.717, 1.165) is 19.0 Å². The Kier molecular flexibility index (Phi) is 5.06. The summed E-state index contributed by atoms with van der Waals surface area (Å²) in [5, 5.41) is 9.41. The number of morpholine rings is 1. The zero-order valence-electron chi connectivity index (χ0n) is 13.2. The largest absolute Gasteiger partial charge is 0.378 e. The van der Waals surface area contributed by atoms with Crippen LogP contribution in [0, 0.1) is 5.82 Å². The van der Waals surface area contributed by atoms with Crippen molar-refractivity contribution in [3.63, 3.8) is 0 Å². The first kappa shape index (κ1) is 16.1. The normalized spacial score (nSPS) is 15.2. The number of hydrogen-bond acceptors (Lipinski definition) is 7. The molecule has 0 N–H and O–H groups in total. The van der Waals surface area contributed by atoms with Gasteiger partial charge in [0.05, 0.1) is 18.9 Å². The maximum atomic E-state index is 14.3. The van der Waals surface area contributed by atoms with Crippen LogP contribution in [0.5, 0.6) is 0 Å². The molecule has 3 heterocycles. The van der Waals surface area contributed by atoms with Crippen molar-refractivity contribution in [3.05, 3.63) is 17.8 Å². The van der Waals surface area contributed by atoms with Crippen LogP contribution in [-0.2, 0) is 17.7 Å². The lowest BCUT2D eigenvalue weighted by molar-refractivity contribution is 0.121. The number of anilines is 1. The van der Waals surface area contributed by atoms with Crippen LogP contribution in [0.25, 0.3) is 0 Å². The Morgan fingerprint density at radius 3 is 2.70 bits per heavy atom. The fourth-order valence-corrected chi connectivity index (χ4v) is 3.31. The highest BCUT2D eigenvalue weighted by atomic mass is 32.2. The Labute approximate surface area is 138 Å². The molecule has 1 aliphatic rings. The van der Waals surface area contributed by atoms with Crippen molar-refractivity contribution in [2.24, 2.45) is 0 Å². The second kappa shape index (κ2) is 7.22. The maximum Gasteiger partial charge on any atom is 0.228 e. The van der Waals surface area contributed by atoms with Crippen molar-refractivity contribution < 1.29 is 9.13 Å². The Balaban J connectivity index is 1.87. The molecule has 0 amide bonds. The topological polar surface area (TPSA) is 69.0 Å². The lowest BCUT2D eigenvalue weighted by atomic mass is 10.3. The number of rotatable bonds is 5. The molecule has 0 radical (unpaired) electrons. The van der Waals surface area contributed by atoms with Crippen LogP contribution < -0.4 is 4.90 Å². The van der Waals surface area contributed by atoms with Crippen LogP contribution in [0.15, 0.2) is 16.5 Å². The number of ether oxygens (including phenoxy) is 1. The van der Waals surface area contributed by atoms with Crippen LogP contribution >= 0.6 is 11.8 Å². The number of halogens is 1. The second-order valence-electron chi connectivity index (χ2n) is 5.02. The van der Waals surface area contributed by atoms with Gasteiger partial charge in [-0.05, 0) is 25.1 Å². The summed E-state index contributed by atoms with van der Waals surface area (Å²) in [5.41, 5.74) is 0.415. The summed E-state index contributed by atoms with van der Waals surface area (Å²) in [7, 11) is 0. The number of nitrogens with zero attached hydrogens (tertiary/aromatic N) is 6. The summed E-state index contributed by atoms with van der Waals surface area (Å²) in [6.07, 6.45) is 1.92. The van der Waals surface area contributed by atoms with E-state index in [4.69, 9.17) is 4.74 Å². The van der Waals surface area contributed by atoms with E-state index in [1.54, 1.807) is 0 Å². The fraction of sp³-hybridized carbons (Fsp3) is 0.571. The Hall–Kier alpha value is -1.74. The average Bonchev–Trinajstić information content (AvgIpc) is 3.00. The molecule has 23 heavy (non-hydrogen) atoms. The van der Waals surface area contributed by atoms with Gasteiger partial charge in [0.15, 0.2) is 11.0 Å². The van der Waals surface area contributed by atoms with Gasteiger partial charge in [-0.2, -0.15) is 0 Å². The van der Waals surface area contributed by atoms with Crippen LogP contribution in [0.4, 0.5) is 10.3 Å². The third-order valence-corrected chi connectivity index (χ3v) is 4.62. The van der Waals surface area contributed by atoms with Gasteiger partial charge < -0.3 is 9.64 Å². The van der Waals surface area contributed by atoms with Crippen molar-refractivity contribution in [2.75, 3.05) is 31.2 Å². The van der Waals surface area contributed by atoms with Crippen molar-refractivity contribution in [1.82, 2.24) is 24.7 Å². The first-order valence-electron chi connectivity index (χ1n) is 7.67. The molecule has 3 rings (SSSR count). The van der Waals surface area contributed by atoms with Crippen LogP contribution in [0.3, 0.4) is 0 Å². The van der Waals surface area contributed by atoms with Crippen molar-refractivity contribution in [2.45, 2.75) is 37.0 Å². The van der Waals surface area contributed by atoms with Crippen LogP contribution in [0.1, 0.15) is 19.5 Å². The molecule has 1 aliphatic heterocycles. The van der Waals surface area contributed by atoms with E-state index < -0.39 is 0 Å². The van der Waals surface area contributed by atoms with E-state index in [2.05, 4.69) is 25.1 Å². The van der Waals surface area contributed by atoms with Crippen molar-refractivity contribution >= 4 is 17.7 Å². The fourth-order valence-electron chi connectivity index (χ4n) is 2.42. The van der Waals surface area contributed by atoms with E-state index in [9.17, 15) is 4.39 Å². The molecule has 9 heteroatoms. The summed E-state index contributed by atoms with van der Waals surface area (Å²) >= 11 is 1.19. The quantitative estimate of drug-likeness (QED) is 0.770. The molecule has 0 unspecified atom stereocenters. The van der Waals surface area contributed by atoms with Gasteiger partial charge in [-0.15, -0.1) is 10.2 Å². The monoisotopic (exact) mass is 338 g/mol. The summed E-state index contributed by atoms with van der Waals surface area (Å²) in [6, 6.07) is 0. The van der Waals surface area contributed by atoms with E-state index in [1.165, 1.54) is 18.1 Å². The van der Waals surface area contributed by atoms with Gasteiger partial charge in [0.2, 0.25) is 5.95 Å². The molecule has 0 saturated carbocycles. The minimum atomic E-state index is -0.376. The number of hydrogen-bond donors (Lipinski definition) is 0.